The highest BCUT2D eigenvalue weighted by Crippen LogP contribution is 2.38. The topological polar surface area (TPSA) is 88.8 Å². The lowest BCUT2D eigenvalue weighted by Gasteiger charge is -2.35. The Morgan fingerprint density at radius 1 is 1.35 bits per heavy atom. The number of ether oxygens (including phenoxy) is 1. The van der Waals surface area contributed by atoms with Crippen molar-refractivity contribution in [3.63, 3.8) is 0 Å². The monoisotopic (exact) mass is 322 g/mol. The second kappa shape index (κ2) is 6.55. The number of amides is 2. The summed E-state index contributed by atoms with van der Waals surface area (Å²) >= 11 is 0. The van der Waals surface area contributed by atoms with Gasteiger partial charge in [-0.2, -0.15) is 4.98 Å². The average molecular weight is 322 g/mol. The highest BCUT2D eigenvalue weighted by Gasteiger charge is 2.35. The van der Waals surface area contributed by atoms with Crippen LogP contribution in [0.3, 0.4) is 0 Å². The fourth-order valence-electron chi connectivity index (χ4n) is 2.90. The van der Waals surface area contributed by atoms with Gasteiger partial charge in [-0.05, 0) is 32.1 Å². The normalized spacial score (nSPS) is 21.1. The van der Waals surface area contributed by atoms with Crippen LogP contribution in [0.15, 0.2) is 4.52 Å². The molecule has 0 bridgehead atoms. The van der Waals surface area contributed by atoms with Crippen LogP contribution in [0.4, 0.5) is 4.79 Å². The number of hydrogen-bond acceptors (Lipinski definition) is 6. The second-order valence-electron chi connectivity index (χ2n) is 6.19. The van der Waals surface area contributed by atoms with Gasteiger partial charge in [0.2, 0.25) is 11.8 Å². The van der Waals surface area contributed by atoms with Crippen LogP contribution < -0.4 is 0 Å². The average Bonchev–Trinajstić information content (AvgIpc) is 3.33. The molecule has 0 radical (unpaired) electrons. The number of likely N-dealkylation sites (N-methyl/N-ethyl adjacent to an activating group) is 1. The SMILES string of the molecule is COC(=O)N1CCCC[C@H]1C(=O)N(C)Cc1noc(C2CC2)n1. The fourth-order valence-corrected chi connectivity index (χ4v) is 2.90. The number of carbonyl (C=O) groups is 2. The molecule has 2 heterocycles. The van der Waals surface area contributed by atoms with Crippen molar-refractivity contribution in [3.05, 3.63) is 11.7 Å². The lowest BCUT2D eigenvalue weighted by molar-refractivity contribution is -0.136. The first-order valence-electron chi connectivity index (χ1n) is 8.02. The first kappa shape index (κ1) is 15.8. The van der Waals surface area contributed by atoms with E-state index in [1.165, 1.54) is 12.0 Å². The van der Waals surface area contributed by atoms with E-state index in [0.717, 1.165) is 25.7 Å². The molecule has 2 fully saturated rings. The Bertz CT molecular complexity index is 584. The summed E-state index contributed by atoms with van der Waals surface area (Å²) in [5.74, 6) is 1.44. The summed E-state index contributed by atoms with van der Waals surface area (Å²) in [5.41, 5.74) is 0. The van der Waals surface area contributed by atoms with E-state index in [4.69, 9.17) is 9.26 Å². The Hall–Kier alpha value is -2.12. The number of piperidine rings is 1. The largest absolute Gasteiger partial charge is 0.453 e. The molecule has 1 aromatic rings. The number of carbonyl (C=O) groups excluding carboxylic acids is 2. The smallest absolute Gasteiger partial charge is 0.410 e. The molecule has 0 aromatic carbocycles. The Morgan fingerprint density at radius 2 is 2.13 bits per heavy atom. The van der Waals surface area contributed by atoms with E-state index in [1.807, 2.05) is 0 Å². The molecule has 126 valence electrons. The molecule has 1 saturated heterocycles. The quantitative estimate of drug-likeness (QED) is 0.835. The minimum atomic E-state index is -0.476. The third-order valence-electron chi connectivity index (χ3n) is 4.36. The van der Waals surface area contributed by atoms with Crippen molar-refractivity contribution in [2.45, 2.75) is 50.6 Å². The number of nitrogens with zero attached hydrogens (tertiary/aromatic N) is 4. The van der Waals surface area contributed by atoms with Crippen molar-refractivity contribution in [2.75, 3.05) is 20.7 Å². The predicted octanol–water partition coefficient (Wildman–Crippen LogP) is 1.53. The van der Waals surface area contributed by atoms with Crippen LogP contribution in [0.2, 0.25) is 0 Å². The number of rotatable bonds is 4. The molecule has 0 N–H and O–H groups in total. The van der Waals surface area contributed by atoms with Crippen LogP contribution in [-0.2, 0) is 16.1 Å². The Kier molecular flexibility index (Phi) is 4.49. The van der Waals surface area contributed by atoms with Crippen molar-refractivity contribution in [2.24, 2.45) is 0 Å². The molecule has 1 saturated carbocycles. The van der Waals surface area contributed by atoms with Crippen molar-refractivity contribution in [1.82, 2.24) is 19.9 Å². The molecule has 0 spiro atoms. The van der Waals surface area contributed by atoms with E-state index in [-0.39, 0.29) is 12.5 Å². The maximum absolute atomic E-state index is 12.7. The van der Waals surface area contributed by atoms with Gasteiger partial charge in [0.15, 0.2) is 5.82 Å². The van der Waals surface area contributed by atoms with Crippen LogP contribution in [-0.4, -0.2) is 58.7 Å². The molecule has 1 aromatic heterocycles. The predicted molar refractivity (Wildman–Crippen MR) is 79.5 cm³/mol. The highest BCUT2D eigenvalue weighted by molar-refractivity contribution is 5.85. The summed E-state index contributed by atoms with van der Waals surface area (Å²) in [7, 11) is 3.03. The maximum Gasteiger partial charge on any atom is 0.410 e. The summed E-state index contributed by atoms with van der Waals surface area (Å²) in [6.07, 6.45) is 4.19. The molecular formula is C15H22N4O4. The summed E-state index contributed by atoms with van der Waals surface area (Å²) in [5, 5.41) is 3.93. The summed E-state index contributed by atoms with van der Waals surface area (Å²) in [4.78, 5) is 31.9. The minimum absolute atomic E-state index is 0.118. The van der Waals surface area contributed by atoms with E-state index in [2.05, 4.69) is 10.1 Å². The van der Waals surface area contributed by atoms with Gasteiger partial charge in [0, 0.05) is 19.5 Å². The Balaban J connectivity index is 1.63. The van der Waals surface area contributed by atoms with Gasteiger partial charge >= 0.3 is 6.09 Å². The molecule has 1 aliphatic carbocycles. The van der Waals surface area contributed by atoms with Gasteiger partial charge in [0.1, 0.15) is 6.04 Å². The molecule has 8 heteroatoms. The Morgan fingerprint density at radius 3 is 2.83 bits per heavy atom. The van der Waals surface area contributed by atoms with Gasteiger partial charge in [-0.3, -0.25) is 9.69 Å². The zero-order chi connectivity index (χ0) is 16.4. The van der Waals surface area contributed by atoms with Crippen molar-refractivity contribution >= 4 is 12.0 Å². The fraction of sp³-hybridized carbons (Fsp3) is 0.733. The summed E-state index contributed by atoms with van der Waals surface area (Å²) < 4.78 is 9.99. The van der Waals surface area contributed by atoms with Crippen LogP contribution in [0.1, 0.15) is 49.7 Å². The lowest BCUT2D eigenvalue weighted by Crippen LogP contribution is -2.52. The molecular weight excluding hydrogens is 300 g/mol. The van der Waals surface area contributed by atoms with E-state index >= 15 is 0 Å². The third-order valence-corrected chi connectivity index (χ3v) is 4.36. The van der Waals surface area contributed by atoms with Crippen LogP contribution in [0, 0.1) is 0 Å². The van der Waals surface area contributed by atoms with Crippen molar-refractivity contribution in [1.29, 1.82) is 0 Å². The van der Waals surface area contributed by atoms with E-state index < -0.39 is 12.1 Å². The first-order valence-corrected chi connectivity index (χ1v) is 8.02. The van der Waals surface area contributed by atoms with Gasteiger partial charge in [-0.1, -0.05) is 5.16 Å². The lowest BCUT2D eigenvalue weighted by atomic mass is 10.0. The number of methoxy groups -OCH3 is 1. The molecule has 23 heavy (non-hydrogen) atoms. The molecule has 2 amide bonds. The number of likely N-dealkylation sites (tertiary alicyclic amines) is 1. The van der Waals surface area contributed by atoms with Crippen LogP contribution >= 0.6 is 0 Å². The zero-order valence-electron chi connectivity index (χ0n) is 13.5. The van der Waals surface area contributed by atoms with E-state index in [1.54, 1.807) is 11.9 Å². The molecule has 8 nitrogen and oxygen atoms in total. The standard InChI is InChI=1S/C15H22N4O4/c1-18(9-12-16-13(23-17-12)10-6-7-10)14(20)11-5-3-4-8-19(11)15(21)22-2/h10-11H,3-9H2,1-2H3/t11-/m0/s1. The molecule has 2 aliphatic rings. The van der Waals surface area contributed by atoms with Crippen molar-refractivity contribution in [3.8, 4) is 0 Å². The van der Waals surface area contributed by atoms with E-state index in [0.29, 0.717) is 30.6 Å². The number of aromatic nitrogens is 2. The van der Waals surface area contributed by atoms with E-state index in [9.17, 15) is 9.59 Å². The van der Waals surface area contributed by atoms with Gasteiger partial charge in [0.05, 0.1) is 13.7 Å². The second-order valence-corrected chi connectivity index (χ2v) is 6.19. The third kappa shape index (κ3) is 3.46. The van der Waals surface area contributed by atoms with Crippen LogP contribution in [0.25, 0.3) is 0 Å². The number of hydrogen-bond donors (Lipinski definition) is 0. The summed E-state index contributed by atoms with van der Waals surface area (Å²) in [6, 6.07) is -0.476. The van der Waals surface area contributed by atoms with Gasteiger partial charge in [-0.15, -0.1) is 0 Å². The van der Waals surface area contributed by atoms with Crippen LogP contribution in [0.5, 0.6) is 0 Å². The first-order chi connectivity index (χ1) is 11.1. The summed E-state index contributed by atoms with van der Waals surface area (Å²) in [6.45, 7) is 0.825. The van der Waals surface area contributed by atoms with Gasteiger partial charge in [0.25, 0.3) is 0 Å². The Labute approximate surface area is 134 Å². The molecule has 1 aliphatic heterocycles. The zero-order valence-corrected chi connectivity index (χ0v) is 13.5. The maximum atomic E-state index is 12.7. The highest BCUT2D eigenvalue weighted by atomic mass is 16.5. The van der Waals surface area contributed by atoms with Gasteiger partial charge < -0.3 is 14.2 Å². The molecule has 1 atom stereocenters. The van der Waals surface area contributed by atoms with Gasteiger partial charge in [-0.25, -0.2) is 4.79 Å². The molecule has 0 unspecified atom stereocenters. The minimum Gasteiger partial charge on any atom is -0.453 e. The van der Waals surface area contributed by atoms with Crippen molar-refractivity contribution < 1.29 is 18.8 Å². The molecule has 3 rings (SSSR count).